The molecule has 19 heavy (non-hydrogen) atoms. The van der Waals surface area contributed by atoms with Crippen LogP contribution in [0.4, 0.5) is 0 Å². The fourth-order valence-corrected chi connectivity index (χ4v) is 3.47. The number of likely N-dealkylation sites (N-methyl/N-ethyl adjacent to an activating group) is 1. The molecule has 1 aromatic rings. The molecule has 1 N–H and O–H groups in total. The lowest BCUT2D eigenvalue weighted by atomic mass is 9.93. The molecule has 0 saturated heterocycles. The van der Waals surface area contributed by atoms with Crippen molar-refractivity contribution in [2.45, 2.75) is 65.5 Å². The molecule has 1 aliphatic rings. The molecule has 0 aliphatic heterocycles. The van der Waals surface area contributed by atoms with Gasteiger partial charge in [-0.3, -0.25) is 4.68 Å². The lowest BCUT2D eigenvalue weighted by molar-refractivity contribution is 0.360. The Kier molecular flexibility index (Phi) is 5.03. The van der Waals surface area contributed by atoms with Gasteiger partial charge < -0.3 is 5.32 Å². The van der Waals surface area contributed by atoms with Gasteiger partial charge in [0.1, 0.15) is 0 Å². The summed E-state index contributed by atoms with van der Waals surface area (Å²) < 4.78 is 2.18. The Morgan fingerprint density at radius 2 is 2.21 bits per heavy atom. The number of aryl methyl sites for hydroxylation is 2. The summed E-state index contributed by atoms with van der Waals surface area (Å²) in [6, 6.07) is 2.91. The summed E-state index contributed by atoms with van der Waals surface area (Å²) in [5.74, 6) is 1.74. The van der Waals surface area contributed by atoms with E-state index in [0.717, 1.165) is 31.2 Å². The van der Waals surface area contributed by atoms with Crippen LogP contribution in [0.1, 0.15) is 51.4 Å². The Balaban J connectivity index is 2.07. The van der Waals surface area contributed by atoms with Crippen molar-refractivity contribution < 1.29 is 0 Å². The Bertz CT molecular complexity index is 397. The van der Waals surface area contributed by atoms with Crippen LogP contribution >= 0.6 is 0 Å². The Morgan fingerprint density at radius 1 is 1.42 bits per heavy atom. The molecule has 3 nitrogen and oxygen atoms in total. The highest BCUT2D eigenvalue weighted by atomic mass is 15.3. The van der Waals surface area contributed by atoms with E-state index < -0.39 is 0 Å². The highest BCUT2D eigenvalue weighted by Gasteiger charge is 2.28. The van der Waals surface area contributed by atoms with Gasteiger partial charge in [-0.2, -0.15) is 5.10 Å². The summed E-state index contributed by atoms with van der Waals surface area (Å²) in [4.78, 5) is 0. The van der Waals surface area contributed by atoms with Crippen molar-refractivity contribution in [2.75, 3.05) is 7.05 Å². The van der Waals surface area contributed by atoms with E-state index in [0.29, 0.717) is 6.04 Å². The van der Waals surface area contributed by atoms with Crippen molar-refractivity contribution in [3.63, 3.8) is 0 Å². The third-order valence-electron chi connectivity index (χ3n) is 4.68. The van der Waals surface area contributed by atoms with Crippen LogP contribution in [0.2, 0.25) is 0 Å². The minimum Gasteiger partial charge on any atom is -0.316 e. The van der Waals surface area contributed by atoms with Gasteiger partial charge in [0.2, 0.25) is 0 Å². The van der Waals surface area contributed by atoms with Crippen LogP contribution in [-0.2, 0) is 19.4 Å². The Labute approximate surface area is 117 Å². The van der Waals surface area contributed by atoms with E-state index in [2.05, 4.69) is 49.0 Å². The van der Waals surface area contributed by atoms with Crippen LogP contribution in [0, 0.1) is 11.8 Å². The van der Waals surface area contributed by atoms with E-state index in [1.807, 2.05) is 0 Å². The van der Waals surface area contributed by atoms with Crippen LogP contribution < -0.4 is 5.32 Å². The van der Waals surface area contributed by atoms with Crippen molar-refractivity contribution in [2.24, 2.45) is 11.8 Å². The molecule has 108 valence electrons. The molecule has 2 rings (SSSR count). The summed E-state index contributed by atoms with van der Waals surface area (Å²) in [7, 11) is 2.11. The zero-order valence-electron chi connectivity index (χ0n) is 12.9. The van der Waals surface area contributed by atoms with Crippen LogP contribution in [-0.4, -0.2) is 22.9 Å². The molecule has 1 heterocycles. The summed E-state index contributed by atoms with van der Waals surface area (Å²) in [5, 5.41) is 8.22. The predicted octanol–water partition coefficient (Wildman–Crippen LogP) is 3.03. The molecule has 3 atom stereocenters. The van der Waals surface area contributed by atoms with Gasteiger partial charge in [-0.25, -0.2) is 0 Å². The topological polar surface area (TPSA) is 29.9 Å². The van der Waals surface area contributed by atoms with Gasteiger partial charge in [0.25, 0.3) is 0 Å². The molecule has 1 aromatic heterocycles. The maximum absolute atomic E-state index is 4.66. The quantitative estimate of drug-likeness (QED) is 0.855. The second-order valence-corrected chi connectivity index (χ2v) is 6.07. The third kappa shape index (κ3) is 3.38. The van der Waals surface area contributed by atoms with E-state index in [4.69, 9.17) is 0 Å². The SMILES string of the molecule is CCc1cc(CC(NC)C2CCC(C)C2)n(CC)n1. The molecule has 1 aliphatic carbocycles. The lowest BCUT2D eigenvalue weighted by Gasteiger charge is -2.23. The Morgan fingerprint density at radius 3 is 2.74 bits per heavy atom. The number of hydrogen-bond acceptors (Lipinski definition) is 2. The molecule has 0 radical (unpaired) electrons. The van der Waals surface area contributed by atoms with Crippen LogP contribution in [0.15, 0.2) is 6.07 Å². The smallest absolute Gasteiger partial charge is 0.0624 e. The minimum absolute atomic E-state index is 0.608. The fraction of sp³-hybridized carbons (Fsp3) is 0.812. The zero-order chi connectivity index (χ0) is 13.8. The summed E-state index contributed by atoms with van der Waals surface area (Å²) in [6.07, 6.45) is 6.31. The summed E-state index contributed by atoms with van der Waals surface area (Å²) in [5.41, 5.74) is 2.63. The molecule has 1 saturated carbocycles. The fourth-order valence-electron chi connectivity index (χ4n) is 3.47. The van der Waals surface area contributed by atoms with Crippen molar-refractivity contribution in [1.29, 1.82) is 0 Å². The van der Waals surface area contributed by atoms with Gasteiger partial charge in [-0.15, -0.1) is 0 Å². The molecular weight excluding hydrogens is 234 g/mol. The standard InChI is InChI=1S/C16H29N3/c1-5-14-10-15(19(6-2)18-14)11-16(17-4)13-8-7-12(3)9-13/h10,12-13,16-17H,5-9,11H2,1-4H3. The zero-order valence-corrected chi connectivity index (χ0v) is 12.9. The second-order valence-electron chi connectivity index (χ2n) is 6.07. The number of nitrogens with zero attached hydrogens (tertiary/aromatic N) is 2. The first-order valence-electron chi connectivity index (χ1n) is 7.90. The van der Waals surface area contributed by atoms with Crippen LogP contribution in [0.25, 0.3) is 0 Å². The lowest BCUT2D eigenvalue weighted by Crippen LogP contribution is -2.35. The number of aromatic nitrogens is 2. The second kappa shape index (κ2) is 6.56. The highest BCUT2D eigenvalue weighted by molar-refractivity contribution is 5.12. The highest BCUT2D eigenvalue weighted by Crippen LogP contribution is 2.33. The molecule has 1 fully saturated rings. The van der Waals surface area contributed by atoms with Crippen LogP contribution in [0.5, 0.6) is 0 Å². The summed E-state index contributed by atoms with van der Waals surface area (Å²) >= 11 is 0. The minimum atomic E-state index is 0.608. The molecule has 0 bridgehead atoms. The molecule has 0 spiro atoms. The first kappa shape index (κ1) is 14.6. The maximum atomic E-state index is 4.66. The van der Waals surface area contributed by atoms with E-state index in [1.54, 1.807) is 0 Å². The van der Waals surface area contributed by atoms with Gasteiger partial charge in [-0.1, -0.05) is 20.3 Å². The molecule has 0 aromatic carbocycles. The van der Waals surface area contributed by atoms with Crippen molar-refractivity contribution in [3.8, 4) is 0 Å². The Hall–Kier alpha value is -0.830. The number of rotatable bonds is 6. The molecule has 0 amide bonds. The first-order chi connectivity index (χ1) is 9.17. The molecule has 3 unspecified atom stereocenters. The van der Waals surface area contributed by atoms with E-state index in [-0.39, 0.29) is 0 Å². The normalized spacial score (nSPS) is 24.8. The molecule has 3 heteroatoms. The van der Waals surface area contributed by atoms with Gasteiger partial charge in [0.15, 0.2) is 0 Å². The predicted molar refractivity (Wildman–Crippen MR) is 80.3 cm³/mol. The molecular formula is C16H29N3. The monoisotopic (exact) mass is 263 g/mol. The third-order valence-corrected chi connectivity index (χ3v) is 4.68. The van der Waals surface area contributed by atoms with Gasteiger partial charge in [0.05, 0.1) is 5.69 Å². The summed E-state index contributed by atoms with van der Waals surface area (Å²) in [6.45, 7) is 7.73. The van der Waals surface area contributed by atoms with Crippen molar-refractivity contribution in [3.05, 3.63) is 17.5 Å². The van der Waals surface area contributed by atoms with E-state index in [9.17, 15) is 0 Å². The van der Waals surface area contributed by atoms with Gasteiger partial charge in [0, 0.05) is 24.7 Å². The maximum Gasteiger partial charge on any atom is 0.0624 e. The largest absolute Gasteiger partial charge is 0.316 e. The van der Waals surface area contributed by atoms with Gasteiger partial charge in [-0.05, 0) is 51.1 Å². The average Bonchev–Trinajstić information content (AvgIpc) is 3.01. The van der Waals surface area contributed by atoms with Crippen molar-refractivity contribution >= 4 is 0 Å². The average molecular weight is 263 g/mol. The van der Waals surface area contributed by atoms with E-state index in [1.165, 1.54) is 30.7 Å². The van der Waals surface area contributed by atoms with Gasteiger partial charge >= 0.3 is 0 Å². The number of hydrogen-bond donors (Lipinski definition) is 1. The van der Waals surface area contributed by atoms with E-state index >= 15 is 0 Å². The number of nitrogens with one attached hydrogen (secondary N) is 1. The van der Waals surface area contributed by atoms with Crippen LogP contribution in [0.3, 0.4) is 0 Å². The first-order valence-corrected chi connectivity index (χ1v) is 7.90. The van der Waals surface area contributed by atoms with Crippen molar-refractivity contribution in [1.82, 2.24) is 15.1 Å².